The third-order valence-electron chi connectivity index (χ3n) is 6.16. The molecule has 1 aliphatic carbocycles. The minimum absolute atomic E-state index is 0.0666. The van der Waals surface area contributed by atoms with E-state index in [1.54, 1.807) is 36.2 Å². The SMILES string of the molecule is C=CC(=O)N1[C@H](C(=O)N[C@@H](CNC)C(=O)c2ccc(C#N)cc2)C[C@@H]2CCCC[C@@H]21. The summed E-state index contributed by atoms with van der Waals surface area (Å²) in [5, 5.41) is 14.7. The average Bonchev–Trinajstić information content (AvgIpc) is 3.17. The van der Waals surface area contributed by atoms with Gasteiger partial charge in [-0.25, -0.2) is 0 Å². The van der Waals surface area contributed by atoms with Gasteiger partial charge in [-0.05, 0) is 50.4 Å². The molecule has 1 aromatic rings. The lowest BCUT2D eigenvalue weighted by molar-refractivity contribution is -0.137. The fourth-order valence-corrected chi connectivity index (χ4v) is 4.71. The summed E-state index contributed by atoms with van der Waals surface area (Å²) in [6, 6.07) is 7.08. The molecule has 2 aliphatic rings. The molecule has 1 aliphatic heterocycles. The second kappa shape index (κ2) is 9.68. The summed E-state index contributed by atoms with van der Waals surface area (Å²) >= 11 is 0. The number of nitrogens with zero attached hydrogens (tertiary/aromatic N) is 2. The van der Waals surface area contributed by atoms with Crippen molar-refractivity contribution in [3.8, 4) is 6.07 Å². The van der Waals surface area contributed by atoms with E-state index < -0.39 is 12.1 Å². The number of benzene rings is 1. The number of carbonyl (C=O) groups excluding carboxylic acids is 3. The smallest absolute Gasteiger partial charge is 0.246 e. The van der Waals surface area contributed by atoms with Crippen LogP contribution in [-0.2, 0) is 9.59 Å². The first kappa shape index (κ1) is 21.7. The number of fused-ring (bicyclic) bond motifs is 1. The van der Waals surface area contributed by atoms with Crippen LogP contribution in [0.15, 0.2) is 36.9 Å². The molecule has 2 amide bonds. The number of hydrogen-bond acceptors (Lipinski definition) is 5. The van der Waals surface area contributed by atoms with E-state index >= 15 is 0 Å². The van der Waals surface area contributed by atoms with Gasteiger partial charge in [0.15, 0.2) is 5.78 Å². The van der Waals surface area contributed by atoms with Crippen LogP contribution in [0, 0.1) is 17.2 Å². The monoisotopic (exact) mass is 408 g/mol. The second-order valence-electron chi connectivity index (χ2n) is 7.99. The van der Waals surface area contributed by atoms with Gasteiger partial charge in [0, 0.05) is 18.2 Å². The third kappa shape index (κ3) is 4.44. The zero-order chi connectivity index (χ0) is 21.7. The topological polar surface area (TPSA) is 102 Å². The molecule has 3 rings (SSSR count). The highest BCUT2D eigenvalue weighted by Gasteiger charge is 2.47. The predicted molar refractivity (Wildman–Crippen MR) is 113 cm³/mol. The van der Waals surface area contributed by atoms with Gasteiger partial charge >= 0.3 is 0 Å². The van der Waals surface area contributed by atoms with Gasteiger partial charge in [0.25, 0.3) is 0 Å². The molecule has 1 saturated heterocycles. The van der Waals surface area contributed by atoms with Gasteiger partial charge in [0.2, 0.25) is 11.8 Å². The summed E-state index contributed by atoms with van der Waals surface area (Å²) in [7, 11) is 1.71. The molecule has 158 valence electrons. The maximum absolute atomic E-state index is 13.2. The molecule has 1 saturated carbocycles. The van der Waals surface area contributed by atoms with Crippen LogP contribution in [0.2, 0.25) is 0 Å². The maximum Gasteiger partial charge on any atom is 0.246 e. The van der Waals surface area contributed by atoms with Crippen LogP contribution in [0.25, 0.3) is 0 Å². The number of carbonyl (C=O) groups is 3. The minimum Gasteiger partial charge on any atom is -0.343 e. The molecular formula is C23H28N4O3. The number of rotatable bonds is 7. The number of hydrogen-bond donors (Lipinski definition) is 2. The van der Waals surface area contributed by atoms with Gasteiger partial charge in [0.05, 0.1) is 11.6 Å². The summed E-state index contributed by atoms with van der Waals surface area (Å²) in [4.78, 5) is 40.4. The Kier molecular flexibility index (Phi) is 7.01. The van der Waals surface area contributed by atoms with Crippen molar-refractivity contribution in [3.05, 3.63) is 48.0 Å². The van der Waals surface area contributed by atoms with E-state index in [4.69, 9.17) is 5.26 Å². The average molecular weight is 409 g/mol. The quantitative estimate of drug-likeness (QED) is 0.529. The van der Waals surface area contributed by atoms with Crippen molar-refractivity contribution in [1.82, 2.24) is 15.5 Å². The van der Waals surface area contributed by atoms with Crippen molar-refractivity contribution in [2.24, 2.45) is 5.92 Å². The van der Waals surface area contributed by atoms with Crippen LogP contribution in [-0.4, -0.2) is 54.2 Å². The highest BCUT2D eigenvalue weighted by Crippen LogP contribution is 2.40. The molecular weight excluding hydrogens is 380 g/mol. The molecule has 0 unspecified atom stereocenters. The van der Waals surface area contributed by atoms with Gasteiger partial charge in [-0.2, -0.15) is 5.26 Å². The van der Waals surface area contributed by atoms with Crippen molar-refractivity contribution in [3.63, 3.8) is 0 Å². The zero-order valence-corrected chi connectivity index (χ0v) is 17.3. The first-order chi connectivity index (χ1) is 14.5. The van der Waals surface area contributed by atoms with E-state index in [1.807, 2.05) is 6.07 Å². The Bertz CT molecular complexity index is 858. The Labute approximate surface area is 177 Å². The maximum atomic E-state index is 13.2. The summed E-state index contributed by atoms with van der Waals surface area (Å²) in [6.45, 7) is 3.86. The van der Waals surface area contributed by atoms with E-state index in [9.17, 15) is 14.4 Å². The second-order valence-corrected chi connectivity index (χ2v) is 7.99. The van der Waals surface area contributed by atoms with Crippen molar-refractivity contribution in [2.75, 3.05) is 13.6 Å². The van der Waals surface area contributed by atoms with Crippen molar-refractivity contribution in [2.45, 2.75) is 50.2 Å². The molecule has 2 fully saturated rings. The number of likely N-dealkylation sites (N-methyl/N-ethyl adjacent to an activating group) is 1. The molecule has 1 aromatic carbocycles. The Morgan fingerprint density at radius 2 is 1.97 bits per heavy atom. The molecule has 0 radical (unpaired) electrons. The van der Waals surface area contributed by atoms with E-state index in [2.05, 4.69) is 17.2 Å². The predicted octanol–water partition coefficient (Wildman–Crippen LogP) is 1.79. The lowest BCUT2D eigenvalue weighted by Crippen LogP contribution is -2.54. The number of nitriles is 1. The van der Waals surface area contributed by atoms with Crippen molar-refractivity contribution >= 4 is 17.6 Å². The number of amides is 2. The standard InChI is InChI=1S/C23H28N4O3/c1-3-21(28)27-19-7-5-4-6-17(19)12-20(27)23(30)26-18(14-25-2)22(29)16-10-8-15(13-24)9-11-16/h3,8-11,17-20,25H,1,4-7,12,14H2,2H3,(H,26,30)/t17-,18-,19-,20-/m0/s1. The van der Waals surface area contributed by atoms with Crippen LogP contribution >= 0.6 is 0 Å². The van der Waals surface area contributed by atoms with Crippen LogP contribution in [0.5, 0.6) is 0 Å². The van der Waals surface area contributed by atoms with Crippen LogP contribution < -0.4 is 10.6 Å². The number of Topliss-reactive ketones (excluding diaryl/α,β-unsaturated/α-hetero) is 1. The molecule has 4 atom stereocenters. The van der Waals surface area contributed by atoms with E-state index in [0.29, 0.717) is 23.5 Å². The van der Waals surface area contributed by atoms with Crippen molar-refractivity contribution in [1.29, 1.82) is 5.26 Å². The normalized spacial score (nSPS) is 23.7. The number of ketones is 1. The van der Waals surface area contributed by atoms with Crippen LogP contribution in [0.4, 0.5) is 0 Å². The zero-order valence-electron chi connectivity index (χ0n) is 17.3. The lowest BCUT2D eigenvalue weighted by atomic mass is 9.84. The molecule has 0 spiro atoms. The van der Waals surface area contributed by atoms with Gasteiger partial charge in [-0.15, -0.1) is 0 Å². The molecule has 1 heterocycles. The summed E-state index contributed by atoms with van der Waals surface area (Å²) in [6.07, 6.45) is 5.97. The Hall–Kier alpha value is -2.98. The largest absolute Gasteiger partial charge is 0.343 e. The van der Waals surface area contributed by atoms with Crippen LogP contribution in [0.3, 0.4) is 0 Å². The molecule has 7 nitrogen and oxygen atoms in total. The van der Waals surface area contributed by atoms with Gasteiger partial charge in [-0.3, -0.25) is 14.4 Å². The van der Waals surface area contributed by atoms with Gasteiger partial charge in [-0.1, -0.05) is 31.6 Å². The minimum atomic E-state index is -0.765. The van der Waals surface area contributed by atoms with Gasteiger partial charge < -0.3 is 15.5 Å². The number of likely N-dealkylation sites (tertiary alicyclic amines) is 1. The highest BCUT2D eigenvalue weighted by molar-refractivity contribution is 6.03. The van der Waals surface area contributed by atoms with E-state index in [1.165, 1.54) is 6.08 Å². The molecule has 0 aromatic heterocycles. The highest BCUT2D eigenvalue weighted by atomic mass is 16.2. The lowest BCUT2D eigenvalue weighted by Gasteiger charge is -2.33. The Morgan fingerprint density at radius 1 is 1.27 bits per heavy atom. The summed E-state index contributed by atoms with van der Waals surface area (Å²) in [5.41, 5.74) is 0.890. The first-order valence-corrected chi connectivity index (χ1v) is 10.4. The van der Waals surface area contributed by atoms with Crippen LogP contribution in [0.1, 0.15) is 48.0 Å². The molecule has 7 heteroatoms. The molecule has 2 N–H and O–H groups in total. The Balaban J connectivity index is 1.77. The summed E-state index contributed by atoms with van der Waals surface area (Å²) in [5.74, 6) is -0.454. The first-order valence-electron chi connectivity index (χ1n) is 10.4. The fraction of sp³-hybridized carbons (Fsp3) is 0.478. The van der Waals surface area contributed by atoms with Crippen molar-refractivity contribution < 1.29 is 14.4 Å². The third-order valence-corrected chi connectivity index (χ3v) is 6.16. The van der Waals surface area contributed by atoms with E-state index in [0.717, 1.165) is 25.7 Å². The summed E-state index contributed by atoms with van der Waals surface area (Å²) < 4.78 is 0. The Morgan fingerprint density at radius 3 is 2.60 bits per heavy atom. The van der Waals surface area contributed by atoms with Gasteiger partial charge in [0.1, 0.15) is 12.1 Å². The molecule has 0 bridgehead atoms. The fourth-order valence-electron chi connectivity index (χ4n) is 4.71. The van der Waals surface area contributed by atoms with E-state index in [-0.39, 0.29) is 30.2 Å². The molecule has 30 heavy (non-hydrogen) atoms. The number of nitrogens with one attached hydrogen (secondary N) is 2.